The van der Waals surface area contributed by atoms with Crippen LogP contribution in [0.1, 0.15) is 12.5 Å². The summed E-state index contributed by atoms with van der Waals surface area (Å²) < 4.78 is 59.2. The Hall–Kier alpha value is -2.50. The molecule has 1 atom stereocenters. The van der Waals surface area contributed by atoms with Crippen molar-refractivity contribution in [3.63, 3.8) is 0 Å². The Bertz CT molecular complexity index is 1090. The molecule has 1 aromatic carbocycles. The number of allylic oxidation sites excluding steroid dienone is 5. The summed E-state index contributed by atoms with van der Waals surface area (Å²) in [6, 6.07) is 5.68. The van der Waals surface area contributed by atoms with Gasteiger partial charge in [0.15, 0.2) is 0 Å². The molecule has 0 fully saturated rings. The number of fused-ring (bicyclic) bond motifs is 1. The van der Waals surface area contributed by atoms with Gasteiger partial charge in [-0.15, -0.1) is 0 Å². The van der Waals surface area contributed by atoms with E-state index in [4.69, 9.17) is 0 Å². The van der Waals surface area contributed by atoms with Crippen molar-refractivity contribution in [2.24, 2.45) is 5.92 Å². The van der Waals surface area contributed by atoms with Crippen molar-refractivity contribution in [3.05, 3.63) is 69.5 Å². The number of halogens is 4. The first kappa shape index (κ1) is 15.7. The first-order valence-electron chi connectivity index (χ1n) is 8.46. The van der Waals surface area contributed by atoms with Crippen molar-refractivity contribution in [3.8, 4) is 0 Å². The minimum atomic E-state index is -4.28. The third kappa shape index (κ3) is 1.50. The molecule has 3 aliphatic heterocycles. The quantitative estimate of drug-likeness (QED) is 0.656. The Balaban J connectivity index is 2.07. The van der Waals surface area contributed by atoms with Crippen LogP contribution in [-0.2, 0) is 0 Å². The van der Waals surface area contributed by atoms with Gasteiger partial charge < -0.3 is 4.90 Å². The van der Waals surface area contributed by atoms with E-state index >= 15 is 0 Å². The van der Waals surface area contributed by atoms with Crippen molar-refractivity contribution in [2.45, 2.75) is 25.7 Å². The molecule has 26 heavy (non-hydrogen) atoms. The molecule has 1 aliphatic carbocycles. The lowest BCUT2D eigenvalue weighted by molar-refractivity contribution is -0.173. The number of hydrogen-bond donors (Lipinski definition) is 0. The summed E-state index contributed by atoms with van der Waals surface area (Å²) in [6.45, 7) is 3.81. The van der Waals surface area contributed by atoms with Gasteiger partial charge in [-0.05, 0) is 23.3 Å². The van der Waals surface area contributed by atoms with Crippen LogP contribution >= 0.6 is 0 Å². The number of aryl methyl sites for hydroxylation is 1. The van der Waals surface area contributed by atoms with E-state index in [-0.39, 0.29) is 11.6 Å². The number of nitrogens with zero attached hydrogens (tertiary/aromatic N) is 2. The van der Waals surface area contributed by atoms with Crippen LogP contribution in [0.15, 0.2) is 53.5 Å². The SMILES string of the molecule is Cc1cccc2c1=C1N(C)C=C3N1C1=C(C=CC(C)C=21)C(F)(F)C3(F)F. The second-order valence-corrected chi connectivity index (χ2v) is 7.25. The molecule has 1 unspecified atom stereocenters. The average molecular weight is 360 g/mol. The van der Waals surface area contributed by atoms with Crippen LogP contribution in [0.4, 0.5) is 17.6 Å². The maximum absolute atomic E-state index is 14.8. The van der Waals surface area contributed by atoms with Crippen LogP contribution in [-0.4, -0.2) is 28.7 Å². The summed E-state index contributed by atoms with van der Waals surface area (Å²) in [7, 11) is 1.62. The van der Waals surface area contributed by atoms with E-state index in [1.165, 1.54) is 15.9 Å². The lowest BCUT2D eigenvalue weighted by Crippen LogP contribution is -2.56. The van der Waals surface area contributed by atoms with Gasteiger partial charge in [-0.1, -0.05) is 37.3 Å². The summed E-state index contributed by atoms with van der Waals surface area (Å²) >= 11 is 0. The van der Waals surface area contributed by atoms with E-state index in [9.17, 15) is 17.6 Å². The maximum Gasteiger partial charge on any atom is 0.356 e. The van der Waals surface area contributed by atoms with Crippen molar-refractivity contribution in [2.75, 3.05) is 7.05 Å². The monoisotopic (exact) mass is 360 g/mol. The normalized spacial score (nSPS) is 26.9. The van der Waals surface area contributed by atoms with Crippen LogP contribution in [0.25, 0.3) is 11.4 Å². The molecule has 0 saturated heterocycles. The third-order valence-electron chi connectivity index (χ3n) is 5.68. The molecule has 0 saturated carbocycles. The minimum absolute atomic E-state index is 0.148. The van der Waals surface area contributed by atoms with Crippen LogP contribution in [0.2, 0.25) is 0 Å². The fourth-order valence-corrected chi connectivity index (χ4v) is 4.47. The predicted molar refractivity (Wildman–Crippen MR) is 90.2 cm³/mol. The van der Waals surface area contributed by atoms with E-state index < -0.39 is 23.1 Å². The second kappa shape index (κ2) is 4.42. The Morgan fingerprint density at radius 2 is 1.81 bits per heavy atom. The van der Waals surface area contributed by atoms with Gasteiger partial charge in [0.2, 0.25) is 0 Å². The Labute approximate surface area is 147 Å². The van der Waals surface area contributed by atoms with E-state index in [1.54, 1.807) is 13.1 Å². The Kier molecular flexibility index (Phi) is 2.68. The van der Waals surface area contributed by atoms with Gasteiger partial charge >= 0.3 is 11.8 Å². The molecule has 0 N–H and O–H groups in total. The molecule has 4 aliphatic rings. The van der Waals surface area contributed by atoms with Crippen molar-refractivity contribution in [1.82, 2.24) is 9.80 Å². The average Bonchev–Trinajstić information content (AvgIpc) is 2.92. The third-order valence-corrected chi connectivity index (χ3v) is 5.68. The van der Waals surface area contributed by atoms with Crippen molar-refractivity contribution >= 4 is 11.4 Å². The Morgan fingerprint density at radius 1 is 1.08 bits per heavy atom. The number of alkyl halides is 4. The van der Waals surface area contributed by atoms with Crippen molar-refractivity contribution in [1.29, 1.82) is 0 Å². The summed E-state index contributed by atoms with van der Waals surface area (Å²) in [6.07, 6.45) is 3.89. The van der Waals surface area contributed by atoms with Gasteiger partial charge in [0.05, 0.1) is 11.3 Å². The molecular formula is C20H16F4N2. The summed E-state index contributed by atoms with van der Waals surface area (Å²) in [4.78, 5) is 2.87. The highest BCUT2D eigenvalue weighted by Gasteiger charge is 2.68. The van der Waals surface area contributed by atoms with Gasteiger partial charge in [-0.3, -0.25) is 4.90 Å². The first-order chi connectivity index (χ1) is 12.2. The number of benzene rings is 1. The number of rotatable bonds is 0. The van der Waals surface area contributed by atoms with E-state index in [1.807, 2.05) is 32.0 Å². The summed E-state index contributed by atoms with van der Waals surface area (Å²) in [5.41, 5.74) is 0.552. The molecule has 1 aromatic rings. The molecular weight excluding hydrogens is 344 g/mol. The van der Waals surface area contributed by atoms with Gasteiger partial charge in [-0.2, -0.15) is 17.6 Å². The molecule has 0 aromatic heterocycles. The Morgan fingerprint density at radius 3 is 2.54 bits per heavy atom. The number of hydrogen-bond acceptors (Lipinski definition) is 2. The van der Waals surface area contributed by atoms with Crippen LogP contribution in [0.5, 0.6) is 0 Å². The van der Waals surface area contributed by atoms with Gasteiger partial charge in [0.25, 0.3) is 0 Å². The molecule has 6 heteroatoms. The zero-order valence-electron chi connectivity index (χ0n) is 14.4. The molecule has 0 spiro atoms. The molecule has 5 rings (SSSR count). The highest BCUT2D eigenvalue weighted by atomic mass is 19.3. The molecule has 2 nitrogen and oxygen atoms in total. The fourth-order valence-electron chi connectivity index (χ4n) is 4.47. The molecule has 0 amide bonds. The highest BCUT2D eigenvalue weighted by Crippen LogP contribution is 2.58. The zero-order chi connectivity index (χ0) is 18.6. The molecule has 0 bridgehead atoms. The molecule has 3 heterocycles. The second-order valence-electron chi connectivity index (χ2n) is 7.25. The zero-order valence-corrected chi connectivity index (χ0v) is 14.4. The standard InChI is InChI=1S/C20H16F4N2/c1-10-5-4-6-12-15-11(2)7-8-13-17(15)26-14(20(23,24)19(13,21)22)9-25(3)18(26)16(10)12/h4-9,11H,1-3H3. The van der Waals surface area contributed by atoms with Gasteiger partial charge in [0.1, 0.15) is 11.5 Å². The first-order valence-corrected chi connectivity index (χ1v) is 8.46. The van der Waals surface area contributed by atoms with Crippen molar-refractivity contribution < 1.29 is 17.6 Å². The van der Waals surface area contributed by atoms with Crippen LogP contribution < -0.4 is 10.4 Å². The lowest BCUT2D eigenvalue weighted by atomic mass is 9.79. The highest BCUT2D eigenvalue weighted by molar-refractivity contribution is 5.82. The minimum Gasteiger partial charge on any atom is -0.335 e. The van der Waals surface area contributed by atoms with Gasteiger partial charge in [0, 0.05) is 24.4 Å². The molecule has 134 valence electrons. The van der Waals surface area contributed by atoms with E-state index in [0.717, 1.165) is 22.2 Å². The summed E-state index contributed by atoms with van der Waals surface area (Å²) in [5.74, 6) is -8.17. The van der Waals surface area contributed by atoms with Crippen LogP contribution in [0.3, 0.4) is 0 Å². The largest absolute Gasteiger partial charge is 0.356 e. The lowest BCUT2D eigenvalue weighted by Gasteiger charge is -2.45. The topological polar surface area (TPSA) is 6.48 Å². The molecule has 0 radical (unpaired) electrons. The van der Waals surface area contributed by atoms with E-state index in [2.05, 4.69) is 0 Å². The maximum atomic E-state index is 14.8. The van der Waals surface area contributed by atoms with Crippen LogP contribution in [0, 0.1) is 12.8 Å². The fraction of sp³-hybridized carbons (Fsp3) is 0.300. The summed E-state index contributed by atoms with van der Waals surface area (Å²) in [5, 5.41) is 1.66. The van der Waals surface area contributed by atoms with E-state index in [0.29, 0.717) is 11.4 Å². The predicted octanol–water partition coefficient (Wildman–Crippen LogP) is 3.06. The smallest absolute Gasteiger partial charge is 0.335 e. The van der Waals surface area contributed by atoms with Gasteiger partial charge in [-0.25, -0.2) is 0 Å².